The van der Waals surface area contributed by atoms with Crippen LogP contribution in [0.25, 0.3) is 5.69 Å². The second-order valence-corrected chi connectivity index (χ2v) is 3.40. The van der Waals surface area contributed by atoms with E-state index in [2.05, 4.69) is 5.10 Å². The van der Waals surface area contributed by atoms with E-state index in [4.69, 9.17) is 4.74 Å². The molecule has 0 N–H and O–H groups in total. The number of rotatable bonds is 3. The van der Waals surface area contributed by atoms with Gasteiger partial charge in [-0.05, 0) is 19.1 Å². The van der Waals surface area contributed by atoms with Gasteiger partial charge in [0.05, 0.1) is 18.4 Å². The summed E-state index contributed by atoms with van der Waals surface area (Å²) in [7, 11) is 1.61. The molecule has 1 aromatic heterocycles. The highest BCUT2D eigenvalue weighted by atomic mass is 16.5. The Kier molecular flexibility index (Phi) is 2.72. The van der Waals surface area contributed by atoms with Crippen molar-refractivity contribution in [2.45, 2.75) is 6.92 Å². The van der Waals surface area contributed by atoms with E-state index in [1.807, 2.05) is 24.3 Å². The van der Waals surface area contributed by atoms with Crippen LogP contribution in [0.4, 0.5) is 0 Å². The molecular weight excluding hydrogens is 204 g/mol. The average molecular weight is 216 g/mol. The molecule has 1 heterocycles. The summed E-state index contributed by atoms with van der Waals surface area (Å²) in [6.45, 7) is 1.80. The largest absolute Gasteiger partial charge is 0.494 e. The number of aryl methyl sites for hydroxylation is 1. The lowest BCUT2D eigenvalue weighted by Crippen LogP contribution is -1.98. The van der Waals surface area contributed by atoms with Crippen LogP contribution in [0.2, 0.25) is 0 Å². The minimum absolute atomic E-state index is 0.589. The number of hydrogen-bond donors (Lipinski definition) is 0. The summed E-state index contributed by atoms with van der Waals surface area (Å²) in [5.41, 5.74) is 2.12. The van der Waals surface area contributed by atoms with Crippen LogP contribution in [0, 0.1) is 6.92 Å². The minimum Gasteiger partial charge on any atom is -0.494 e. The third-order valence-electron chi connectivity index (χ3n) is 2.40. The fourth-order valence-corrected chi connectivity index (χ4v) is 1.53. The second kappa shape index (κ2) is 4.18. The molecule has 1 aromatic carbocycles. The number of methoxy groups -OCH3 is 1. The van der Waals surface area contributed by atoms with Crippen LogP contribution < -0.4 is 4.74 Å². The van der Waals surface area contributed by atoms with E-state index in [0.29, 0.717) is 11.3 Å². The molecule has 0 saturated carbocycles. The maximum absolute atomic E-state index is 10.7. The molecule has 0 aliphatic heterocycles. The van der Waals surface area contributed by atoms with Crippen molar-refractivity contribution in [3.8, 4) is 11.4 Å². The van der Waals surface area contributed by atoms with Gasteiger partial charge in [-0.1, -0.05) is 12.1 Å². The van der Waals surface area contributed by atoms with Crippen molar-refractivity contribution >= 4 is 6.29 Å². The summed E-state index contributed by atoms with van der Waals surface area (Å²) < 4.78 is 6.88. The van der Waals surface area contributed by atoms with Crippen molar-refractivity contribution < 1.29 is 9.53 Å². The molecule has 4 heteroatoms. The number of hydrogen-bond acceptors (Lipinski definition) is 3. The third-order valence-corrected chi connectivity index (χ3v) is 2.40. The number of carbonyl (C=O) groups is 1. The second-order valence-electron chi connectivity index (χ2n) is 3.40. The number of benzene rings is 1. The maximum atomic E-state index is 10.7. The average Bonchev–Trinajstić information content (AvgIpc) is 2.70. The first-order valence-electron chi connectivity index (χ1n) is 4.91. The van der Waals surface area contributed by atoms with Gasteiger partial charge in [-0.3, -0.25) is 4.79 Å². The van der Waals surface area contributed by atoms with E-state index in [-0.39, 0.29) is 0 Å². The van der Waals surface area contributed by atoms with E-state index in [0.717, 1.165) is 17.7 Å². The lowest BCUT2D eigenvalue weighted by atomic mass is 10.3. The first-order valence-corrected chi connectivity index (χ1v) is 4.91. The highest BCUT2D eigenvalue weighted by Gasteiger charge is 2.08. The van der Waals surface area contributed by atoms with Gasteiger partial charge in [0.15, 0.2) is 6.29 Å². The van der Waals surface area contributed by atoms with Gasteiger partial charge in [-0.15, -0.1) is 0 Å². The van der Waals surface area contributed by atoms with Crippen molar-refractivity contribution in [1.82, 2.24) is 9.78 Å². The maximum Gasteiger partial charge on any atom is 0.153 e. The molecule has 0 radical (unpaired) electrons. The predicted molar refractivity (Wildman–Crippen MR) is 60.2 cm³/mol. The summed E-state index contributed by atoms with van der Waals surface area (Å²) in [6.07, 6.45) is 2.49. The van der Waals surface area contributed by atoms with Crippen LogP contribution in [0.1, 0.15) is 16.1 Å². The normalized spacial score (nSPS) is 10.1. The zero-order chi connectivity index (χ0) is 11.5. The number of aromatic nitrogens is 2. The van der Waals surface area contributed by atoms with Gasteiger partial charge in [0, 0.05) is 6.20 Å². The monoisotopic (exact) mass is 216 g/mol. The Morgan fingerprint density at radius 3 is 2.75 bits per heavy atom. The Balaban J connectivity index is 2.53. The van der Waals surface area contributed by atoms with Crippen LogP contribution in [-0.4, -0.2) is 23.2 Å². The fraction of sp³-hybridized carbons (Fsp3) is 0.167. The van der Waals surface area contributed by atoms with Gasteiger partial charge in [-0.25, -0.2) is 4.68 Å². The Bertz CT molecular complexity index is 517. The summed E-state index contributed by atoms with van der Waals surface area (Å²) in [6, 6.07) is 7.53. The lowest BCUT2D eigenvalue weighted by Gasteiger charge is -2.07. The van der Waals surface area contributed by atoms with E-state index < -0.39 is 0 Å². The quantitative estimate of drug-likeness (QED) is 0.737. The highest BCUT2D eigenvalue weighted by molar-refractivity contribution is 5.76. The molecule has 0 aliphatic rings. The molecule has 2 rings (SSSR count). The van der Waals surface area contributed by atoms with Crippen LogP contribution in [0.15, 0.2) is 30.5 Å². The molecule has 16 heavy (non-hydrogen) atoms. The molecule has 0 saturated heterocycles. The van der Waals surface area contributed by atoms with Crippen molar-refractivity contribution in [1.29, 1.82) is 0 Å². The number of ether oxygens (including phenoxy) is 1. The zero-order valence-electron chi connectivity index (χ0n) is 9.18. The molecule has 2 aromatic rings. The molecule has 4 nitrogen and oxygen atoms in total. The Hall–Kier alpha value is -2.10. The van der Waals surface area contributed by atoms with Gasteiger partial charge in [0.2, 0.25) is 0 Å². The summed E-state index contributed by atoms with van der Waals surface area (Å²) in [5.74, 6) is 0.724. The molecule has 0 aliphatic carbocycles. The predicted octanol–water partition coefficient (Wildman–Crippen LogP) is 2.00. The number of carbonyl (C=O) groups excluding carboxylic acids is 1. The van der Waals surface area contributed by atoms with Crippen molar-refractivity contribution in [3.05, 3.63) is 41.7 Å². The van der Waals surface area contributed by atoms with E-state index in [9.17, 15) is 4.79 Å². The standard InChI is InChI=1S/C12H12N2O2/c1-9-10(8-15)7-14(13-9)11-5-3-4-6-12(11)16-2/h3-8H,1-2H3. The summed E-state index contributed by atoms with van der Waals surface area (Å²) in [5, 5.41) is 4.27. The van der Waals surface area contributed by atoms with Crippen LogP contribution >= 0.6 is 0 Å². The molecular formula is C12H12N2O2. The van der Waals surface area contributed by atoms with Crippen LogP contribution in [0.3, 0.4) is 0 Å². The third kappa shape index (κ3) is 1.69. The molecule has 0 fully saturated rings. The smallest absolute Gasteiger partial charge is 0.153 e. The Morgan fingerprint density at radius 1 is 1.38 bits per heavy atom. The van der Waals surface area contributed by atoms with Crippen LogP contribution in [0.5, 0.6) is 5.75 Å². The van der Waals surface area contributed by atoms with E-state index >= 15 is 0 Å². The van der Waals surface area contributed by atoms with Crippen molar-refractivity contribution in [2.24, 2.45) is 0 Å². The first kappa shape index (κ1) is 10.4. The van der Waals surface area contributed by atoms with Gasteiger partial charge in [0.25, 0.3) is 0 Å². The van der Waals surface area contributed by atoms with E-state index in [1.165, 1.54) is 0 Å². The van der Waals surface area contributed by atoms with Gasteiger partial charge < -0.3 is 4.74 Å². The van der Waals surface area contributed by atoms with Gasteiger partial charge >= 0.3 is 0 Å². The van der Waals surface area contributed by atoms with Gasteiger partial charge in [0.1, 0.15) is 11.4 Å². The summed E-state index contributed by atoms with van der Waals surface area (Å²) >= 11 is 0. The van der Waals surface area contributed by atoms with Crippen LogP contribution in [-0.2, 0) is 0 Å². The first-order chi connectivity index (χ1) is 7.76. The lowest BCUT2D eigenvalue weighted by molar-refractivity contribution is 0.112. The SMILES string of the molecule is COc1ccccc1-n1cc(C=O)c(C)n1. The molecule has 0 amide bonds. The Morgan fingerprint density at radius 2 is 2.12 bits per heavy atom. The summed E-state index contributed by atoms with van der Waals surface area (Å²) in [4.78, 5) is 10.7. The highest BCUT2D eigenvalue weighted by Crippen LogP contribution is 2.22. The number of para-hydroxylation sites is 2. The number of aldehydes is 1. The molecule has 0 atom stereocenters. The molecule has 82 valence electrons. The minimum atomic E-state index is 0.589. The molecule has 0 bridgehead atoms. The van der Waals surface area contributed by atoms with Gasteiger partial charge in [-0.2, -0.15) is 5.10 Å². The Labute approximate surface area is 93.5 Å². The van der Waals surface area contributed by atoms with E-state index in [1.54, 1.807) is 24.9 Å². The fourth-order valence-electron chi connectivity index (χ4n) is 1.53. The topological polar surface area (TPSA) is 44.1 Å². The zero-order valence-corrected chi connectivity index (χ0v) is 9.18. The molecule has 0 spiro atoms. The molecule has 0 unspecified atom stereocenters. The number of nitrogens with zero attached hydrogens (tertiary/aromatic N) is 2. The van der Waals surface area contributed by atoms with Crippen molar-refractivity contribution in [2.75, 3.05) is 7.11 Å². The van der Waals surface area contributed by atoms with Crippen molar-refractivity contribution in [3.63, 3.8) is 0 Å².